The molecule has 0 spiro atoms. The van der Waals surface area contributed by atoms with Gasteiger partial charge < -0.3 is 5.32 Å². The Balaban J connectivity index is 1.37. The van der Waals surface area contributed by atoms with E-state index in [0.717, 1.165) is 24.1 Å². The Kier molecular flexibility index (Phi) is 6.83. The summed E-state index contributed by atoms with van der Waals surface area (Å²) in [5.41, 5.74) is 1.02. The maximum absolute atomic E-state index is 12.7. The van der Waals surface area contributed by atoms with Crippen molar-refractivity contribution in [1.29, 1.82) is 0 Å². The van der Waals surface area contributed by atoms with Crippen molar-refractivity contribution in [1.82, 2.24) is 9.62 Å². The summed E-state index contributed by atoms with van der Waals surface area (Å²) < 4.78 is 27.0. The number of piperidine rings is 1. The number of nitrogens with one attached hydrogen (secondary N) is 1. The van der Waals surface area contributed by atoms with Gasteiger partial charge in [0.2, 0.25) is 15.8 Å². The lowest BCUT2D eigenvalue weighted by Gasteiger charge is -2.25. The second kappa shape index (κ2) is 9.77. The van der Waals surface area contributed by atoms with E-state index in [1.54, 1.807) is 18.2 Å². The molecule has 166 valence electrons. The average molecular weight is 469 g/mol. The first-order valence-corrected chi connectivity index (χ1v) is 12.8. The lowest BCUT2D eigenvalue weighted by molar-refractivity contribution is 0.0950. The molecule has 2 heterocycles. The Morgan fingerprint density at radius 2 is 1.53 bits per heavy atom. The van der Waals surface area contributed by atoms with Crippen molar-refractivity contribution in [3.05, 3.63) is 87.6 Å². The largest absolute Gasteiger partial charge is 0.347 e. The molecule has 1 N–H and O–H groups in total. The van der Waals surface area contributed by atoms with Crippen molar-refractivity contribution in [3.63, 3.8) is 0 Å². The average Bonchev–Trinajstić information content (AvgIpc) is 3.32. The van der Waals surface area contributed by atoms with Crippen LogP contribution in [-0.4, -0.2) is 37.5 Å². The molecule has 4 rings (SSSR count). The van der Waals surface area contributed by atoms with Crippen LogP contribution < -0.4 is 5.32 Å². The number of carbonyl (C=O) groups is 2. The highest BCUT2D eigenvalue weighted by atomic mass is 32.2. The third kappa shape index (κ3) is 4.98. The molecule has 1 amide bonds. The molecule has 1 fully saturated rings. The van der Waals surface area contributed by atoms with E-state index in [1.807, 2.05) is 24.3 Å². The summed E-state index contributed by atoms with van der Waals surface area (Å²) in [6, 6.07) is 18.7. The van der Waals surface area contributed by atoms with Crippen LogP contribution in [0.3, 0.4) is 0 Å². The second-order valence-corrected chi connectivity index (χ2v) is 10.7. The molecule has 0 aliphatic carbocycles. The third-order valence-corrected chi connectivity index (χ3v) is 8.41. The van der Waals surface area contributed by atoms with E-state index in [-0.39, 0.29) is 16.6 Å². The van der Waals surface area contributed by atoms with Crippen LogP contribution in [0.25, 0.3) is 0 Å². The molecule has 32 heavy (non-hydrogen) atoms. The smallest absolute Gasteiger partial charge is 0.251 e. The van der Waals surface area contributed by atoms with Crippen LogP contribution in [0.1, 0.15) is 49.7 Å². The van der Waals surface area contributed by atoms with Crippen molar-refractivity contribution in [2.45, 2.75) is 30.7 Å². The van der Waals surface area contributed by atoms with Gasteiger partial charge in [0, 0.05) is 29.1 Å². The van der Waals surface area contributed by atoms with Crippen molar-refractivity contribution in [2.24, 2.45) is 0 Å². The first-order valence-electron chi connectivity index (χ1n) is 10.5. The predicted molar refractivity (Wildman–Crippen MR) is 124 cm³/mol. The molecule has 8 heteroatoms. The molecule has 0 saturated carbocycles. The number of nitrogens with zero attached hydrogens (tertiary/aromatic N) is 1. The lowest BCUT2D eigenvalue weighted by Crippen LogP contribution is -2.35. The van der Waals surface area contributed by atoms with Gasteiger partial charge in [-0.15, -0.1) is 11.3 Å². The fourth-order valence-corrected chi connectivity index (χ4v) is 6.06. The van der Waals surface area contributed by atoms with E-state index in [2.05, 4.69) is 5.32 Å². The molecule has 6 nitrogen and oxygen atoms in total. The molecule has 0 unspecified atom stereocenters. The van der Waals surface area contributed by atoms with Gasteiger partial charge in [-0.1, -0.05) is 36.8 Å². The van der Waals surface area contributed by atoms with Gasteiger partial charge in [-0.2, -0.15) is 4.31 Å². The Hall–Kier alpha value is -2.81. The topological polar surface area (TPSA) is 83.5 Å². The van der Waals surface area contributed by atoms with Gasteiger partial charge in [-0.05, 0) is 49.2 Å². The van der Waals surface area contributed by atoms with Crippen LogP contribution in [0.2, 0.25) is 0 Å². The maximum Gasteiger partial charge on any atom is 0.251 e. The minimum Gasteiger partial charge on any atom is -0.347 e. The summed E-state index contributed by atoms with van der Waals surface area (Å²) in [4.78, 5) is 26.7. The zero-order valence-corrected chi connectivity index (χ0v) is 19.1. The summed E-state index contributed by atoms with van der Waals surface area (Å²) in [7, 11) is -3.52. The minimum atomic E-state index is -3.52. The number of ketones is 1. The minimum absolute atomic E-state index is 0.0429. The Labute approximate surface area is 191 Å². The van der Waals surface area contributed by atoms with Crippen LogP contribution in [0.5, 0.6) is 0 Å². The first-order chi connectivity index (χ1) is 15.4. The number of hydrogen-bond donors (Lipinski definition) is 1. The highest BCUT2D eigenvalue weighted by Gasteiger charge is 2.26. The molecular weight excluding hydrogens is 444 g/mol. The summed E-state index contributed by atoms with van der Waals surface area (Å²) in [5.74, 6) is -0.338. The zero-order chi connectivity index (χ0) is 22.6. The number of benzene rings is 2. The number of thiophene rings is 1. The van der Waals surface area contributed by atoms with Gasteiger partial charge in [0.25, 0.3) is 5.91 Å². The third-order valence-electron chi connectivity index (χ3n) is 5.41. The van der Waals surface area contributed by atoms with E-state index in [9.17, 15) is 18.0 Å². The van der Waals surface area contributed by atoms with E-state index < -0.39 is 10.0 Å². The predicted octanol–water partition coefficient (Wildman–Crippen LogP) is 4.08. The normalized spacial score (nSPS) is 14.8. The summed E-state index contributed by atoms with van der Waals surface area (Å²) in [6.45, 7) is 1.37. The van der Waals surface area contributed by atoms with Crippen LogP contribution >= 0.6 is 11.3 Å². The summed E-state index contributed by atoms with van der Waals surface area (Å²) >= 11 is 1.35. The molecule has 3 aromatic rings. The molecule has 0 bridgehead atoms. The first kappa shape index (κ1) is 22.4. The van der Waals surface area contributed by atoms with E-state index in [4.69, 9.17) is 0 Å². The van der Waals surface area contributed by atoms with Gasteiger partial charge in [0.15, 0.2) is 0 Å². The number of amides is 1. The van der Waals surface area contributed by atoms with Gasteiger partial charge >= 0.3 is 0 Å². The van der Waals surface area contributed by atoms with Crippen molar-refractivity contribution >= 4 is 33.1 Å². The molecule has 1 aliphatic heterocycles. The van der Waals surface area contributed by atoms with Crippen LogP contribution in [0.15, 0.2) is 71.6 Å². The van der Waals surface area contributed by atoms with Crippen LogP contribution in [0, 0.1) is 0 Å². The second-order valence-electron chi connectivity index (χ2n) is 7.63. The van der Waals surface area contributed by atoms with Gasteiger partial charge in [0.1, 0.15) is 0 Å². The standard InChI is InChI=1S/C24H24N2O4S2/c27-23(18-7-3-1-4-8-18)22-14-11-20(31-22)17-25-24(28)19-9-12-21(13-10-19)32(29,30)26-15-5-2-6-16-26/h1,3-4,7-14H,2,5-6,15-17H2,(H,25,28). The number of sulfonamides is 1. The SMILES string of the molecule is O=C(NCc1ccc(C(=O)c2ccccc2)s1)c1ccc(S(=O)(=O)N2CCCCC2)cc1. The molecule has 1 aromatic heterocycles. The molecule has 1 saturated heterocycles. The molecular formula is C24H24N2O4S2. The van der Waals surface area contributed by atoms with Crippen LogP contribution in [-0.2, 0) is 16.6 Å². The summed E-state index contributed by atoms with van der Waals surface area (Å²) in [6.07, 6.45) is 2.81. The Bertz CT molecular complexity index is 1200. The van der Waals surface area contributed by atoms with E-state index in [1.165, 1.54) is 39.9 Å². The van der Waals surface area contributed by atoms with Gasteiger partial charge in [-0.3, -0.25) is 9.59 Å². The van der Waals surface area contributed by atoms with E-state index >= 15 is 0 Å². The highest BCUT2D eigenvalue weighted by Crippen LogP contribution is 2.22. The zero-order valence-electron chi connectivity index (χ0n) is 17.5. The lowest BCUT2D eigenvalue weighted by atomic mass is 10.1. The molecule has 0 atom stereocenters. The highest BCUT2D eigenvalue weighted by molar-refractivity contribution is 7.89. The molecule has 0 radical (unpaired) electrons. The summed E-state index contributed by atoms with van der Waals surface area (Å²) in [5, 5.41) is 2.83. The van der Waals surface area contributed by atoms with Crippen molar-refractivity contribution < 1.29 is 18.0 Å². The van der Waals surface area contributed by atoms with Crippen LogP contribution in [0.4, 0.5) is 0 Å². The fraction of sp³-hybridized carbons (Fsp3) is 0.250. The monoisotopic (exact) mass is 468 g/mol. The quantitative estimate of drug-likeness (QED) is 0.530. The molecule has 1 aliphatic rings. The maximum atomic E-state index is 12.7. The van der Waals surface area contributed by atoms with E-state index in [0.29, 0.717) is 35.6 Å². The van der Waals surface area contributed by atoms with Gasteiger partial charge in [-0.25, -0.2) is 8.42 Å². The fourth-order valence-electron chi connectivity index (χ4n) is 3.63. The number of hydrogen-bond acceptors (Lipinski definition) is 5. The number of rotatable bonds is 7. The molecule has 2 aromatic carbocycles. The Morgan fingerprint density at radius 1 is 0.844 bits per heavy atom. The number of carbonyl (C=O) groups excluding carboxylic acids is 2. The van der Waals surface area contributed by atoms with Crippen molar-refractivity contribution in [3.8, 4) is 0 Å². The van der Waals surface area contributed by atoms with Gasteiger partial charge in [0.05, 0.1) is 16.3 Å². The van der Waals surface area contributed by atoms with Crippen molar-refractivity contribution in [2.75, 3.05) is 13.1 Å². The Morgan fingerprint density at radius 3 is 2.22 bits per heavy atom.